The number of carbonyl (C=O) groups excluding carboxylic acids is 1. The number of anilines is 1. The molecule has 134 valence electrons. The zero-order valence-corrected chi connectivity index (χ0v) is 15.3. The van der Waals surface area contributed by atoms with E-state index in [-0.39, 0.29) is 17.9 Å². The number of rotatable bonds is 6. The Balaban J connectivity index is 1.71. The molecule has 1 aromatic carbocycles. The molecule has 2 unspecified atom stereocenters. The van der Waals surface area contributed by atoms with Crippen LogP contribution in [0.5, 0.6) is 0 Å². The van der Waals surface area contributed by atoms with Crippen LogP contribution in [0.3, 0.4) is 0 Å². The zero-order valence-electron chi connectivity index (χ0n) is 15.3. The molecule has 0 radical (unpaired) electrons. The van der Waals surface area contributed by atoms with Crippen molar-refractivity contribution < 1.29 is 9.32 Å². The predicted molar refractivity (Wildman–Crippen MR) is 96.8 cm³/mol. The molecule has 25 heavy (non-hydrogen) atoms. The van der Waals surface area contributed by atoms with E-state index in [0.717, 1.165) is 5.69 Å². The van der Waals surface area contributed by atoms with Gasteiger partial charge in [0.1, 0.15) is 5.92 Å². The van der Waals surface area contributed by atoms with E-state index in [1.54, 1.807) is 0 Å². The summed E-state index contributed by atoms with van der Waals surface area (Å²) in [5.74, 6) is 1.26. The van der Waals surface area contributed by atoms with Crippen molar-refractivity contribution in [2.24, 2.45) is 0 Å². The van der Waals surface area contributed by atoms with Crippen LogP contribution in [0.4, 0.5) is 5.69 Å². The van der Waals surface area contributed by atoms with Crippen LogP contribution in [0.25, 0.3) is 0 Å². The minimum Gasteiger partial charge on any atom is -0.338 e. The maximum absolute atomic E-state index is 12.8. The maximum Gasteiger partial charge on any atom is 0.239 e. The second-order valence-corrected chi connectivity index (χ2v) is 7.02. The molecule has 0 aliphatic carbocycles. The molecule has 0 bridgehead atoms. The van der Waals surface area contributed by atoms with E-state index < -0.39 is 0 Å². The quantitative estimate of drug-likeness (QED) is 0.874. The standard InChI is InChI=1S/C19H26N4O2/c1-12(2)14-5-7-15(8-6-14)23-10-9-16(19(23)24)18-21-17(22-25-18)11-13(3)20-4/h5-8,12-13,16,20H,9-11H2,1-4H3. The summed E-state index contributed by atoms with van der Waals surface area (Å²) in [6.45, 7) is 7.05. The first-order valence-electron chi connectivity index (χ1n) is 8.90. The molecule has 3 rings (SSSR count). The van der Waals surface area contributed by atoms with E-state index >= 15 is 0 Å². The summed E-state index contributed by atoms with van der Waals surface area (Å²) in [6, 6.07) is 8.47. The minimum absolute atomic E-state index is 0.0363. The average Bonchev–Trinajstić information content (AvgIpc) is 3.21. The molecule has 6 heteroatoms. The van der Waals surface area contributed by atoms with E-state index in [2.05, 4.69) is 48.4 Å². The molecule has 6 nitrogen and oxygen atoms in total. The normalized spacial score (nSPS) is 19.0. The van der Waals surface area contributed by atoms with Crippen LogP contribution in [0.15, 0.2) is 28.8 Å². The summed E-state index contributed by atoms with van der Waals surface area (Å²) in [5.41, 5.74) is 2.20. The first kappa shape index (κ1) is 17.6. The number of aromatic nitrogens is 2. The van der Waals surface area contributed by atoms with Crippen LogP contribution in [0, 0.1) is 0 Å². The molecule has 1 fully saturated rings. The van der Waals surface area contributed by atoms with Gasteiger partial charge in [-0.3, -0.25) is 4.79 Å². The fraction of sp³-hybridized carbons (Fsp3) is 0.526. The number of benzene rings is 1. The van der Waals surface area contributed by atoms with E-state index in [1.165, 1.54) is 5.56 Å². The lowest BCUT2D eigenvalue weighted by Gasteiger charge is -2.17. The fourth-order valence-electron chi connectivity index (χ4n) is 3.07. The van der Waals surface area contributed by atoms with Gasteiger partial charge in [-0.05, 0) is 44.0 Å². The molecule has 2 aromatic rings. The van der Waals surface area contributed by atoms with Crippen molar-refractivity contribution in [1.82, 2.24) is 15.5 Å². The second kappa shape index (κ2) is 7.35. The number of nitrogens with one attached hydrogen (secondary N) is 1. The number of likely N-dealkylation sites (N-methyl/N-ethyl adjacent to an activating group) is 1. The third-order valence-corrected chi connectivity index (χ3v) is 4.84. The highest BCUT2D eigenvalue weighted by Gasteiger charge is 2.37. The molecule has 1 aromatic heterocycles. The van der Waals surface area contributed by atoms with Gasteiger partial charge in [0.05, 0.1) is 0 Å². The van der Waals surface area contributed by atoms with E-state index in [9.17, 15) is 4.79 Å². The van der Waals surface area contributed by atoms with Crippen molar-refractivity contribution in [3.8, 4) is 0 Å². The van der Waals surface area contributed by atoms with Crippen molar-refractivity contribution in [2.45, 2.75) is 51.5 Å². The highest BCUT2D eigenvalue weighted by molar-refractivity contribution is 5.99. The van der Waals surface area contributed by atoms with E-state index in [4.69, 9.17) is 4.52 Å². The predicted octanol–water partition coefficient (Wildman–Crippen LogP) is 2.86. The van der Waals surface area contributed by atoms with Gasteiger partial charge < -0.3 is 14.7 Å². The minimum atomic E-state index is -0.337. The lowest BCUT2D eigenvalue weighted by atomic mass is 10.0. The van der Waals surface area contributed by atoms with Gasteiger partial charge >= 0.3 is 0 Å². The number of carbonyl (C=O) groups is 1. The Hall–Kier alpha value is -2.21. The average molecular weight is 342 g/mol. The summed E-state index contributed by atoms with van der Waals surface area (Å²) in [7, 11) is 1.90. The van der Waals surface area contributed by atoms with Gasteiger partial charge in [0.25, 0.3) is 0 Å². The Morgan fingerprint density at radius 3 is 2.64 bits per heavy atom. The van der Waals surface area contributed by atoms with Gasteiger partial charge in [0, 0.05) is 24.7 Å². The first-order valence-corrected chi connectivity index (χ1v) is 8.90. The fourth-order valence-corrected chi connectivity index (χ4v) is 3.07. The van der Waals surface area contributed by atoms with Crippen LogP contribution in [-0.4, -0.2) is 35.7 Å². The lowest BCUT2D eigenvalue weighted by Crippen LogP contribution is -2.26. The smallest absolute Gasteiger partial charge is 0.239 e. The van der Waals surface area contributed by atoms with Gasteiger partial charge in [-0.25, -0.2) is 0 Å². The number of nitrogens with zero attached hydrogens (tertiary/aromatic N) is 3. The molecule has 0 spiro atoms. The molecular formula is C19H26N4O2. The molecular weight excluding hydrogens is 316 g/mol. The van der Waals surface area contributed by atoms with Gasteiger partial charge in [0.2, 0.25) is 11.8 Å². The molecule has 2 heterocycles. The number of hydrogen-bond acceptors (Lipinski definition) is 5. The van der Waals surface area contributed by atoms with Crippen molar-refractivity contribution in [3.63, 3.8) is 0 Å². The van der Waals surface area contributed by atoms with Crippen molar-refractivity contribution in [2.75, 3.05) is 18.5 Å². The Morgan fingerprint density at radius 2 is 2.00 bits per heavy atom. The highest BCUT2D eigenvalue weighted by atomic mass is 16.5. The molecule has 2 atom stereocenters. The topological polar surface area (TPSA) is 71.3 Å². The van der Waals surface area contributed by atoms with Gasteiger partial charge in [0.15, 0.2) is 5.82 Å². The summed E-state index contributed by atoms with van der Waals surface area (Å²) in [4.78, 5) is 19.0. The molecule has 1 amide bonds. The van der Waals surface area contributed by atoms with Gasteiger partial charge in [-0.1, -0.05) is 31.1 Å². The van der Waals surface area contributed by atoms with Crippen LogP contribution in [0.1, 0.15) is 56.3 Å². The van der Waals surface area contributed by atoms with Crippen molar-refractivity contribution in [3.05, 3.63) is 41.5 Å². The second-order valence-electron chi connectivity index (χ2n) is 7.02. The lowest BCUT2D eigenvalue weighted by molar-refractivity contribution is -0.118. The molecule has 1 aliphatic heterocycles. The summed E-state index contributed by atoms with van der Waals surface area (Å²) >= 11 is 0. The highest BCUT2D eigenvalue weighted by Crippen LogP contribution is 2.32. The Bertz CT molecular complexity index is 723. The first-order chi connectivity index (χ1) is 12.0. The van der Waals surface area contributed by atoms with Crippen LogP contribution < -0.4 is 10.2 Å². The van der Waals surface area contributed by atoms with Gasteiger partial charge in [-0.15, -0.1) is 0 Å². The van der Waals surface area contributed by atoms with E-state index in [0.29, 0.717) is 37.0 Å². The molecule has 1 N–H and O–H groups in total. The molecule has 0 saturated carbocycles. The summed E-state index contributed by atoms with van der Waals surface area (Å²) in [6.07, 6.45) is 1.38. The number of hydrogen-bond donors (Lipinski definition) is 1. The Morgan fingerprint density at radius 1 is 1.28 bits per heavy atom. The Labute approximate surface area is 148 Å². The maximum atomic E-state index is 12.8. The van der Waals surface area contributed by atoms with Gasteiger partial charge in [-0.2, -0.15) is 4.98 Å². The Kier molecular flexibility index (Phi) is 5.18. The van der Waals surface area contributed by atoms with E-state index in [1.807, 2.05) is 24.1 Å². The van der Waals surface area contributed by atoms with Crippen molar-refractivity contribution in [1.29, 1.82) is 0 Å². The van der Waals surface area contributed by atoms with Crippen LogP contribution in [-0.2, 0) is 11.2 Å². The third kappa shape index (κ3) is 3.74. The third-order valence-electron chi connectivity index (χ3n) is 4.84. The zero-order chi connectivity index (χ0) is 18.0. The molecule has 1 saturated heterocycles. The monoisotopic (exact) mass is 342 g/mol. The number of amides is 1. The SMILES string of the molecule is CNC(C)Cc1noc(C2CCN(c3ccc(C(C)C)cc3)C2=O)n1. The summed E-state index contributed by atoms with van der Waals surface area (Å²) in [5, 5.41) is 7.16. The van der Waals surface area contributed by atoms with Crippen molar-refractivity contribution >= 4 is 11.6 Å². The largest absolute Gasteiger partial charge is 0.338 e. The molecule has 1 aliphatic rings. The van der Waals surface area contributed by atoms with Crippen LogP contribution >= 0.6 is 0 Å². The summed E-state index contributed by atoms with van der Waals surface area (Å²) < 4.78 is 5.36. The van der Waals surface area contributed by atoms with Crippen LogP contribution in [0.2, 0.25) is 0 Å².